The minimum absolute atomic E-state index is 0.344. The van der Waals surface area contributed by atoms with Crippen molar-refractivity contribution in [2.75, 3.05) is 0 Å². The Morgan fingerprint density at radius 3 is 2.54 bits per heavy atom. The van der Waals surface area contributed by atoms with Gasteiger partial charge in [-0.3, -0.25) is 4.79 Å². The van der Waals surface area contributed by atoms with Gasteiger partial charge in [-0.25, -0.2) is 0 Å². The lowest BCUT2D eigenvalue weighted by Crippen LogP contribution is -2.04. The van der Waals surface area contributed by atoms with Crippen molar-refractivity contribution in [2.45, 2.75) is 4.83 Å². The van der Waals surface area contributed by atoms with Crippen LogP contribution in [-0.2, 0) is 4.79 Å². The maximum absolute atomic E-state index is 10.6. The molecule has 0 saturated heterocycles. The number of carboxylic acids is 1. The first-order chi connectivity index (χ1) is 6.02. The first-order valence-electron chi connectivity index (χ1n) is 3.34. The molecule has 0 heterocycles. The van der Waals surface area contributed by atoms with E-state index in [4.69, 9.17) is 28.3 Å². The predicted molar refractivity (Wildman–Crippen MR) is 55.8 cm³/mol. The average Bonchev–Trinajstić information content (AvgIpc) is 2.03. The minimum Gasteiger partial charge on any atom is -0.480 e. The lowest BCUT2D eigenvalue weighted by Gasteiger charge is -2.06. The standard InChI is InChI=1S/C8H5BrCl2O2/c9-7(8(12)13)5-2-1-4(10)3-6(5)11/h1-3,7H,(H,12,13). The number of carbonyl (C=O) groups is 1. The largest absolute Gasteiger partial charge is 0.480 e. The van der Waals surface area contributed by atoms with Gasteiger partial charge in [0.25, 0.3) is 0 Å². The Balaban J connectivity index is 3.08. The van der Waals surface area contributed by atoms with Crippen molar-refractivity contribution >= 4 is 45.1 Å². The number of aliphatic carboxylic acids is 1. The molecule has 0 bridgehead atoms. The summed E-state index contributed by atoms with van der Waals surface area (Å²) in [7, 11) is 0. The minimum atomic E-state index is -0.982. The van der Waals surface area contributed by atoms with Crippen molar-refractivity contribution < 1.29 is 9.90 Å². The number of carboxylic acid groups (broad SMARTS) is 1. The van der Waals surface area contributed by atoms with Gasteiger partial charge >= 0.3 is 5.97 Å². The van der Waals surface area contributed by atoms with E-state index in [1.54, 1.807) is 12.1 Å². The predicted octanol–water partition coefficient (Wildman–Crippen LogP) is 3.51. The Morgan fingerprint density at radius 2 is 2.08 bits per heavy atom. The van der Waals surface area contributed by atoms with Gasteiger partial charge in [-0.2, -0.15) is 0 Å². The smallest absolute Gasteiger partial charge is 0.321 e. The average molecular weight is 284 g/mol. The number of rotatable bonds is 2. The van der Waals surface area contributed by atoms with E-state index in [1.165, 1.54) is 6.07 Å². The van der Waals surface area contributed by atoms with Crippen molar-refractivity contribution in [3.63, 3.8) is 0 Å². The van der Waals surface area contributed by atoms with E-state index in [1.807, 2.05) is 0 Å². The zero-order valence-electron chi connectivity index (χ0n) is 6.30. The Kier molecular flexibility index (Phi) is 3.59. The van der Waals surface area contributed by atoms with E-state index in [9.17, 15) is 4.79 Å². The van der Waals surface area contributed by atoms with Crippen molar-refractivity contribution in [1.82, 2.24) is 0 Å². The summed E-state index contributed by atoms with van der Waals surface area (Å²) in [6.07, 6.45) is 0. The van der Waals surface area contributed by atoms with Crippen molar-refractivity contribution in [2.24, 2.45) is 0 Å². The van der Waals surface area contributed by atoms with E-state index >= 15 is 0 Å². The van der Waals surface area contributed by atoms with Gasteiger partial charge in [-0.05, 0) is 17.7 Å². The highest BCUT2D eigenvalue weighted by Gasteiger charge is 2.18. The van der Waals surface area contributed by atoms with Gasteiger partial charge in [0.15, 0.2) is 0 Å². The molecule has 1 atom stereocenters. The fourth-order valence-electron chi connectivity index (χ4n) is 0.840. The summed E-state index contributed by atoms with van der Waals surface area (Å²) >= 11 is 14.4. The van der Waals surface area contributed by atoms with Crippen LogP contribution in [0.5, 0.6) is 0 Å². The molecular weight excluding hydrogens is 279 g/mol. The third-order valence-electron chi connectivity index (χ3n) is 1.45. The number of hydrogen-bond donors (Lipinski definition) is 1. The van der Waals surface area contributed by atoms with Gasteiger partial charge in [-0.1, -0.05) is 45.2 Å². The summed E-state index contributed by atoms with van der Waals surface area (Å²) in [5, 5.41) is 9.52. The Morgan fingerprint density at radius 1 is 1.46 bits per heavy atom. The number of hydrogen-bond acceptors (Lipinski definition) is 1. The molecule has 0 aliphatic carbocycles. The lowest BCUT2D eigenvalue weighted by atomic mass is 10.1. The molecular formula is C8H5BrCl2O2. The van der Waals surface area contributed by atoms with Crippen LogP contribution >= 0.6 is 39.1 Å². The normalized spacial score (nSPS) is 12.5. The monoisotopic (exact) mass is 282 g/mol. The summed E-state index contributed by atoms with van der Waals surface area (Å²) < 4.78 is 0. The van der Waals surface area contributed by atoms with E-state index in [0.29, 0.717) is 15.6 Å². The van der Waals surface area contributed by atoms with Crippen molar-refractivity contribution in [1.29, 1.82) is 0 Å². The van der Waals surface area contributed by atoms with Crippen LogP contribution in [0.15, 0.2) is 18.2 Å². The van der Waals surface area contributed by atoms with Crippen LogP contribution in [0.4, 0.5) is 0 Å². The molecule has 0 aliphatic rings. The number of benzene rings is 1. The van der Waals surface area contributed by atoms with E-state index in [0.717, 1.165) is 0 Å². The highest BCUT2D eigenvalue weighted by atomic mass is 79.9. The van der Waals surface area contributed by atoms with Crippen LogP contribution in [0.2, 0.25) is 10.0 Å². The molecule has 1 N–H and O–H groups in total. The highest BCUT2D eigenvalue weighted by Crippen LogP contribution is 2.31. The van der Waals surface area contributed by atoms with Gasteiger partial charge in [0.2, 0.25) is 0 Å². The van der Waals surface area contributed by atoms with E-state index in [-0.39, 0.29) is 0 Å². The van der Waals surface area contributed by atoms with Crippen molar-refractivity contribution in [3.8, 4) is 0 Å². The fraction of sp³-hybridized carbons (Fsp3) is 0.125. The highest BCUT2D eigenvalue weighted by molar-refractivity contribution is 9.09. The summed E-state index contributed by atoms with van der Waals surface area (Å²) in [5.74, 6) is -0.982. The van der Waals surface area contributed by atoms with Crippen LogP contribution in [0.25, 0.3) is 0 Å². The molecule has 13 heavy (non-hydrogen) atoms. The molecule has 0 amide bonds. The molecule has 0 saturated carbocycles. The molecule has 1 unspecified atom stereocenters. The van der Waals surface area contributed by atoms with Crippen LogP contribution in [0.1, 0.15) is 10.4 Å². The summed E-state index contributed by atoms with van der Waals surface area (Å²) in [6, 6.07) is 4.69. The van der Waals surface area contributed by atoms with Gasteiger partial charge < -0.3 is 5.11 Å². The van der Waals surface area contributed by atoms with Gasteiger partial charge in [-0.15, -0.1) is 0 Å². The molecule has 0 fully saturated rings. The molecule has 70 valence electrons. The molecule has 0 aromatic heterocycles. The van der Waals surface area contributed by atoms with Crippen LogP contribution in [0.3, 0.4) is 0 Å². The Hall–Kier alpha value is -0.250. The third-order valence-corrected chi connectivity index (χ3v) is 2.90. The fourth-order valence-corrected chi connectivity index (χ4v) is 1.89. The zero-order chi connectivity index (χ0) is 10.0. The first-order valence-corrected chi connectivity index (χ1v) is 5.01. The van der Waals surface area contributed by atoms with E-state index < -0.39 is 10.8 Å². The molecule has 1 rings (SSSR count). The molecule has 0 spiro atoms. The van der Waals surface area contributed by atoms with Crippen LogP contribution < -0.4 is 0 Å². The Bertz CT molecular complexity index is 341. The number of alkyl halides is 1. The number of halogens is 3. The second kappa shape index (κ2) is 4.31. The second-order valence-electron chi connectivity index (χ2n) is 2.37. The molecule has 1 aromatic rings. The zero-order valence-corrected chi connectivity index (χ0v) is 9.40. The molecule has 5 heteroatoms. The lowest BCUT2D eigenvalue weighted by molar-refractivity contribution is -0.136. The molecule has 2 nitrogen and oxygen atoms in total. The SMILES string of the molecule is O=C(O)C(Br)c1ccc(Cl)cc1Cl. The first kappa shape index (κ1) is 10.8. The Labute approximate surface area is 93.6 Å². The maximum atomic E-state index is 10.6. The van der Waals surface area contributed by atoms with Crippen molar-refractivity contribution in [3.05, 3.63) is 33.8 Å². The summed E-state index contributed by atoms with van der Waals surface area (Å²) in [5.41, 5.74) is 0.499. The van der Waals surface area contributed by atoms with Gasteiger partial charge in [0, 0.05) is 10.0 Å². The quantitative estimate of drug-likeness (QED) is 0.844. The maximum Gasteiger partial charge on any atom is 0.321 e. The van der Waals surface area contributed by atoms with Gasteiger partial charge in [0.1, 0.15) is 4.83 Å². The third kappa shape index (κ3) is 2.59. The molecule has 0 aliphatic heterocycles. The van der Waals surface area contributed by atoms with Gasteiger partial charge in [0.05, 0.1) is 0 Å². The summed E-state index contributed by atoms with van der Waals surface area (Å²) in [6.45, 7) is 0. The van der Waals surface area contributed by atoms with Crippen LogP contribution in [0, 0.1) is 0 Å². The molecule has 1 aromatic carbocycles. The van der Waals surface area contributed by atoms with E-state index in [2.05, 4.69) is 15.9 Å². The summed E-state index contributed by atoms with van der Waals surface area (Å²) in [4.78, 5) is 9.80. The van der Waals surface area contributed by atoms with Crippen LogP contribution in [-0.4, -0.2) is 11.1 Å². The molecule has 0 radical (unpaired) electrons. The second-order valence-corrected chi connectivity index (χ2v) is 4.13. The topological polar surface area (TPSA) is 37.3 Å².